The quantitative estimate of drug-likeness (QED) is 0.834. The molecule has 1 saturated heterocycles. The van der Waals surface area contributed by atoms with E-state index in [-0.39, 0.29) is 12.2 Å². The van der Waals surface area contributed by atoms with Crippen molar-refractivity contribution >= 4 is 10.9 Å². The van der Waals surface area contributed by atoms with Crippen LogP contribution in [0.2, 0.25) is 0 Å². The van der Waals surface area contributed by atoms with Crippen LogP contribution >= 0.6 is 0 Å². The van der Waals surface area contributed by atoms with Crippen LogP contribution in [0, 0.1) is 0 Å². The van der Waals surface area contributed by atoms with Gasteiger partial charge in [0.05, 0.1) is 12.2 Å². The summed E-state index contributed by atoms with van der Waals surface area (Å²) in [6.07, 6.45) is 3.54. The summed E-state index contributed by atoms with van der Waals surface area (Å²) >= 11 is 0. The highest BCUT2D eigenvalue weighted by Crippen LogP contribution is 2.33. The minimum Gasteiger partial charge on any atom is -0.386 e. The molecule has 17 heavy (non-hydrogen) atoms. The maximum absolute atomic E-state index is 10.4. The largest absolute Gasteiger partial charge is 0.386 e. The number of benzene rings is 1. The third-order valence-electron chi connectivity index (χ3n) is 3.56. The minimum atomic E-state index is -0.528. The first-order valence-corrected chi connectivity index (χ1v) is 6.15. The normalized spacial score (nSPS) is 26.5. The standard InChI is InChI=1S/C14H17NO2/c1-9-5-6-13(17-9)14(16)11-3-2-4-12-10(11)7-8-15-12/h2-4,7-9,13-16H,5-6H2,1H3. The van der Waals surface area contributed by atoms with Crippen molar-refractivity contribution in [2.75, 3.05) is 0 Å². The van der Waals surface area contributed by atoms with E-state index in [2.05, 4.69) is 11.9 Å². The van der Waals surface area contributed by atoms with E-state index in [1.807, 2.05) is 30.5 Å². The number of aromatic nitrogens is 1. The third kappa shape index (κ3) is 1.85. The lowest BCUT2D eigenvalue weighted by Crippen LogP contribution is -2.18. The third-order valence-corrected chi connectivity index (χ3v) is 3.56. The Labute approximate surface area is 100 Å². The van der Waals surface area contributed by atoms with Crippen molar-refractivity contribution in [1.82, 2.24) is 4.98 Å². The van der Waals surface area contributed by atoms with E-state index < -0.39 is 6.10 Å². The molecule has 0 saturated carbocycles. The van der Waals surface area contributed by atoms with Crippen molar-refractivity contribution in [3.05, 3.63) is 36.0 Å². The van der Waals surface area contributed by atoms with Crippen LogP contribution in [0.15, 0.2) is 30.5 Å². The van der Waals surface area contributed by atoms with Gasteiger partial charge < -0.3 is 14.8 Å². The molecule has 1 aliphatic rings. The molecule has 0 radical (unpaired) electrons. The molecule has 0 aliphatic carbocycles. The predicted molar refractivity (Wildman–Crippen MR) is 66.8 cm³/mol. The summed E-state index contributed by atoms with van der Waals surface area (Å²) in [4.78, 5) is 3.16. The number of nitrogens with one attached hydrogen (secondary N) is 1. The summed E-state index contributed by atoms with van der Waals surface area (Å²) < 4.78 is 5.74. The van der Waals surface area contributed by atoms with Gasteiger partial charge in [-0.3, -0.25) is 0 Å². The Bertz CT molecular complexity index is 520. The first kappa shape index (κ1) is 10.8. The summed E-state index contributed by atoms with van der Waals surface area (Å²) in [5, 5.41) is 11.5. The number of H-pyrrole nitrogens is 1. The number of aromatic amines is 1. The van der Waals surface area contributed by atoms with Crippen molar-refractivity contribution in [1.29, 1.82) is 0 Å². The van der Waals surface area contributed by atoms with Crippen molar-refractivity contribution < 1.29 is 9.84 Å². The molecular formula is C14H17NO2. The highest BCUT2D eigenvalue weighted by atomic mass is 16.5. The van der Waals surface area contributed by atoms with E-state index in [1.54, 1.807) is 0 Å². The zero-order valence-corrected chi connectivity index (χ0v) is 9.89. The lowest BCUT2D eigenvalue weighted by atomic mass is 9.99. The highest BCUT2D eigenvalue weighted by molar-refractivity contribution is 5.83. The molecule has 2 heterocycles. The molecule has 0 amide bonds. The monoisotopic (exact) mass is 231 g/mol. The van der Waals surface area contributed by atoms with E-state index in [0.717, 1.165) is 29.3 Å². The zero-order chi connectivity index (χ0) is 11.8. The number of hydrogen-bond donors (Lipinski definition) is 2. The van der Waals surface area contributed by atoms with Crippen LogP contribution in [0.3, 0.4) is 0 Å². The van der Waals surface area contributed by atoms with Crippen LogP contribution in [0.1, 0.15) is 31.4 Å². The fraction of sp³-hybridized carbons (Fsp3) is 0.429. The van der Waals surface area contributed by atoms with Gasteiger partial charge in [-0.2, -0.15) is 0 Å². The van der Waals surface area contributed by atoms with Gasteiger partial charge in [0, 0.05) is 17.1 Å². The van der Waals surface area contributed by atoms with Gasteiger partial charge in [-0.05, 0) is 37.5 Å². The van der Waals surface area contributed by atoms with Crippen molar-refractivity contribution in [2.24, 2.45) is 0 Å². The molecule has 0 bridgehead atoms. The summed E-state index contributed by atoms with van der Waals surface area (Å²) in [7, 11) is 0. The summed E-state index contributed by atoms with van der Waals surface area (Å²) in [5.74, 6) is 0. The molecule has 1 aromatic carbocycles. The van der Waals surface area contributed by atoms with E-state index in [0.29, 0.717) is 0 Å². The average Bonchev–Trinajstić information content (AvgIpc) is 2.95. The van der Waals surface area contributed by atoms with Crippen molar-refractivity contribution in [3.63, 3.8) is 0 Å². The van der Waals surface area contributed by atoms with E-state index in [4.69, 9.17) is 4.74 Å². The van der Waals surface area contributed by atoms with Crippen LogP contribution < -0.4 is 0 Å². The maximum atomic E-state index is 10.4. The van der Waals surface area contributed by atoms with E-state index in [9.17, 15) is 5.11 Å². The Morgan fingerprint density at radius 1 is 1.35 bits per heavy atom. The lowest BCUT2D eigenvalue weighted by molar-refractivity contribution is -0.0291. The van der Waals surface area contributed by atoms with Crippen molar-refractivity contribution in [2.45, 2.75) is 38.1 Å². The van der Waals surface area contributed by atoms with Crippen LogP contribution in [0.5, 0.6) is 0 Å². The fourth-order valence-corrected chi connectivity index (χ4v) is 2.63. The topological polar surface area (TPSA) is 45.2 Å². The maximum Gasteiger partial charge on any atom is 0.106 e. The van der Waals surface area contributed by atoms with Crippen LogP contribution in [0.25, 0.3) is 10.9 Å². The molecule has 1 fully saturated rings. The smallest absolute Gasteiger partial charge is 0.106 e. The SMILES string of the molecule is CC1CCC(C(O)c2cccc3[nH]ccc23)O1. The molecular weight excluding hydrogens is 214 g/mol. The van der Waals surface area contributed by atoms with Crippen LogP contribution in [-0.4, -0.2) is 22.3 Å². The second kappa shape index (κ2) is 4.17. The van der Waals surface area contributed by atoms with Gasteiger partial charge in [0.25, 0.3) is 0 Å². The van der Waals surface area contributed by atoms with Gasteiger partial charge in [0.2, 0.25) is 0 Å². The summed E-state index contributed by atoms with van der Waals surface area (Å²) in [6, 6.07) is 7.97. The fourth-order valence-electron chi connectivity index (χ4n) is 2.63. The Hall–Kier alpha value is -1.32. The Kier molecular flexibility index (Phi) is 2.65. The molecule has 3 unspecified atom stereocenters. The molecule has 1 aliphatic heterocycles. The van der Waals surface area contributed by atoms with Gasteiger partial charge in [-0.15, -0.1) is 0 Å². The molecule has 0 spiro atoms. The molecule has 90 valence electrons. The van der Waals surface area contributed by atoms with Gasteiger partial charge in [0.15, 0.2) is 0 Å². The van der Waals surface area contributed by atoms with Gasteiger partial charge >= 0.3 is 0 Å². The molecule has 3 atom stereocenters. The summed E-state index contributed by atoms with van der Waals surface area (Å²) in [5.41, 5.74) is 2.02. The molecule has 1 aromatic heterocycles. The molecule has 2 N–H and O–H groups in total. The number of ether oxygens (including phenoxy) is 1. The predicted octanol–water partition coefficient (Wildman–Crippen LogP) is 2.77. The number of aliphatic hydroxyl groups excluding tert-OH is 1. The van der Waals surface area contributed by atoms with Crippen LogP contribution in [-0.2, 0) is 4.74 Å². The average molecular weight is 231 g/mol. The number of rotatable bonds is 2. The van der Waals surface area contributed by atoms with E-state index in [1.165, 1.54) is 0 Å². The Balaban J connectivity index is 1.95. The Morgan fingerprint density at radius 2 is 2.24 bits per heavy atom. The second-order valence-corrected chi connectivity index (χ2v) is 4.79. The van der Waals surface area contributed by atoms with E-state index >= 15 is 0 Å². The number of hydrogen-bond acceptors (Lipinski definition) is 2. The first-order valence-electron chi connectivity index (χ1n) is 6.15. The second-order valence-electron chi connectivity index (χ2n) is 4.79. The number of aliphatic hydroxyl groups is 1. The molecule has 3 rings (SSSR count). The minimum absolute atomic E-state index is 0.0644. The Morgan fingerprint density at radius 3 is 3.00 bits per heavy atom. The molecule has 3 heteroatoms. The van der Waals surface area contributed by atoms with Crippen molar-refractivity contribution in [3.8, 4) is 0 Å². The molecule has 3 nitrogen and oxygen atoms in total. The molecule has 2 aromatic rings. The van der Waals surface area contributed by atoms with Crippen LogP contribution in [0.4, 0.5) is 0 Å². The highest BCUT2D eigenvalue weighted by Gasteiger charge is 2.30. The van der Waals surface area contributed by atoms with Gasteiger partial charge in [-0.1, -0.05) is 12.1 Å². The number of fused-ring (bicyclic) bond motifs is 1. The zero-order valence-electron chi connectivity index (χ0n) is 9.89. The summed E-state index contributed by atoms with van der Waals surface area (Å²) in [6.45, 7) is 2.06. The van der Waals surface area contributed by atoms with Gasteiger partial charge in [0.1, 0.15) is 6.10 Å². The van der Waals surface area contributed by atoms with Gasteiger partial charge in [-0.25, -0.2) is 0 Å². The lowest BCUT2D eigenvalue weighted by Gasteiger charge is -2.19. The first-order chi connectivity index (χ1) is 8.25.